The number of aryl methyl sites for hydroxylation is 5. The van der Waals surface area contributed by atoms with Crippen LogP contribution in [0.2, 0.25) is 0 Å². The van der Waals surface area contributed by atoms with E-state index >= 15 is 0 Å². The lowest BCUT2D eigenvalue weighted by molar-refractivity contribution is 0.206. The number of rotatable bonds is 7. The van der Waals surface area contributed by atoms with Gasteiger partial charge in [0.25, 0.3) is 0 Å². The van der Waals surface area contributed by atoms with Crippen molar-refractivity contribution in [2.75, 3.05) is 32.2 Å². The summed E-state index contributed by atoms with van der Waals surface area (Å²) in [6.45, 7) is 5.33. The molecule has 0 aromatic carbocycles. The summed E-state index contributed by atoms with van der Waals surface area (Å²) in [7, 11) is 5.57. The van der Waals surface area contributed by atoms with Gasteiger partial charge in [0, 0.05) is 46.8 Å². The Morgan fingerprint density at radius 3 is 2.52 bits per heavy atom. The number of nitrogens with zero attached hydrogens (tertiary/aromatic N) is 8. The van der Waals surface area contributed by atoms with Crippen molar-refractivity contribution in [3.05, 3.63) is 29.2 Å². The second-order valence-corrected chi connectivity index (χ2v) is 6.11. The molecule has 0 aliphatic carbocycles. The highest BCUT2D eigenvalue weighted by Crippen LogP contribution is 2.12. The zero-order valence-electron chi connectivity index (χ0n) is 15.4. The topological polar surface area (TPSA) is 86.3 Å². The van der Waals surface area contributed by atoms with E-state index in [9.17, 15) is 0 Å². The summed E-state index contributed by atoms with van der Waals surface area (Å²) < 4.78 is 8.74. The average molecular weight is 344 g/mol. The third kappa shape index (κ3) is 3.60. The Morgan fingerprint density at radius 2 is 1.84 bits per heavy atom. The molecule has 3 rings (SSSR count). The monoisotopic (exact) mass is 344 g/mol. The van der Waals surface area contributed by atoms with Crippen molar-refractivity contribution in [3.8, 4) is 0 Å². The molecule has 3 aromatic rings. The fourth-order valence-electron chi connectivity index (χ4n) is 2.66. The van der Waals surface area contributed by atoms with Gasteiger partial charge in [-0.3, -0.25) is 4.98 Å². The van der Waals surface area contributed by atoms with Crippen molar-refractivity contribution >= 4 is 11.6 Å². The van der Waals surface area contributed by atoms with E-state index in [0.29, 0.717) is 19.4 Å². The van der Waals surface area contributed by atoms with Gasteiger partial charge < -0.3 is 9.64 Å². The van der Waals surface area contributed by atoms with Crippen LogP contribution in [0, 0.1) is 13.8 Å². The largest absolute Gasteiger partial charge is 0.383 e. The molecule has 0 aliphatic rings. The third-order valence-electron chi connectivity index (χ3n) is 4.08. The summed E-state index contributed by atoms with van der Waals surface area (Å²) >= 11 is 0. The predicted molar refractivity (Wildman–Crippen MR) is 93.8 cm³/mol. The smallest absolute Gasteiger partial charge is 0.223 e. The van der Waals surface area contributed by atoms with Crippen LogP contribution < -0.4 is 4.90 Å². The minimum atomic E-state index is 0.649. The molecular formula is C16H24N8O. The van der Waals surface area contributed by atoms with Crippen molar-refractivity contribution in [1.29, 1.82) is 0 Å². The van der Waals surface area contributed by atoms with Crippen molar-refractivity contribution in [3.63, 3.8) is 0 Å². The van der Waals surface area contributed by atoms with Gasteiger partial charge in [0.1, 0.15) is 0 Å². The molecule has 0 unspecified atom stereocenters. The van der Waals surface area contributed by atoms with Gasteiger partial charge in [-0.1, -0.05) is 0 Å². The Kier molecular flexibility index (Phi) is 4.93. The maximum atomic E-state index is 5.11. The Morgan fingerprint density at radius 1 is 1.12 bits per heavy atom. The molecule has 0 spiro atoms. The molecule has 134 valence electrons. The first kappa shape index (κ1) is 17.3. The minimum absolute atomic E-state index is 0.649. The van der Waals surface area contributed by atoms with Crippen LogP contribution in [0.5, 0.6) is 0 Å². The molecule has 0 fully saturated rings. The molecule has 3 heterocycles. The average Bonchev–Trinajstić information content (AvgIpc) is 3.18. The summed E-state index contributed by atoms with van der Waals surface area (Å²) in [5, 5.41) is 9.06. The van der Waals surface area contributed by atoms with E-state index in [1.54, 1.807) is 11.8 Å². The lowest BCUT2D eigenvalue weighted by Gasteiger charge is -2.16. The number of methoxy groups -OCH3 is 1. The number of fused-ring (bicyclic) bond motifs is 1. The highest BCUT2D eigenvalue weighted by molar-refractivity contribution is 5.43. The minimum Gasteiger partial charge on any atom is -0.383 e. The molecular weight excluding hydrogens is 320 g/mol. The van der Waals surface area contributed by atoms with E-state index in [-0.39, 0.29) is 0 Å². The van der Waals surface area contributed by atoms with Gasteiger partial charge in [0.2, 0.25) is 5.95 Å². The quantitative estimate of drug-likeness (QED) is 0.625. The molecule has 0 saturated carbocycles. The van der Waals surface area contributed by atoms with Crippen LogP contribution in [0.4, 0.5) is 5.95 Å². The van der Waals surface area contributed by atoms with Gasteiger partial charge in [-0.05, 0) is 13.8 Å². The van der Waals surface area contributed by atoms with Crippen molar-refractivity contribution < 1.29 is 4.74 Å². The van der Waals surface area contributed by atoms with E-state index in [4.69, 9.17) is 4.74 Å². The molecule has 0 aliphatic heterocycles. The molecule has 9 nitrogen and oxygen atoms in total. The maximum Gasteiger partial charge on any atom is 0.223 e. The van der Waals surface area contributed by atoms with Gasteiger partial charge in [0.05, 0.1) is 18.0 Å². The van der Waals surface area contributed by atoms with E-state index < -0.39 is 0 Å². The van der Waals surface area contributed by atoms with Gasteiger partial charge in [-0.25, -0.2) is 14.2 Å². The SMILES string of the molecule is COCCN(C)c1nc(CCc2nc3c(C)ncc(C)n3n2)nn1C. The van der Waals surface area contributed by atoms with Crippen molar-refractivity contribution in [2.24, 2.45) is 7.05 Å². The number of likely N-dealkylation sites (N-methyl/N-ethyl adjacent to an activating group) is 1. The fourth-order valence-corrected chi connectivity index (χ4v) is 2.66. The van der Waals surface area contributed by atoms with Gasteiger partial charge in [-0.2, -0.15) is 15.2 Å². The van der Waals surface area contributed by atoms with Crippen LogP contribution in [0.3, 0.4) is 0 Å². The fraction of sp³-hybridized carbons (Fsp3) is 0.562. The molecule has 9 heteroatoms. The number of ether oxygens (including phenoxy) is 1. The number of hydrogen-bond donors (Lipinski definition) is 0. The second-order valence-electron chi connectivity index (χ2n) is 6.11. The molecule has 0 saturated heterocycles. The molecule has 0 N–H and O–H groups in total. The highest BCUT2D eigenvalue weighted by atomic mass is 16.5. The molecule has 3 aromatic heterocycles. The lowest BCUT2D eigenvalue weighted by atomic mass is 10.3. The first-order valence-electron chi connectivity index (χ1n) is 8.27. The van der Waals surface area contributed by atoms with E-state index in [2.05, 4.69) is 25.1 Å². The van der Waals surface area contributed by atoms with Gasteiger partial charge >= 0.3 is 0 Å². The zero-order chi connectivity index (χ0) is 18.0. The third-order valence-corrected chi connectivity index (χ3v) is 4.08. The standard InChI is InChI=1S/C16H24N8O/c1-11-10-17-12(2)15-18-13(21-24(11)15)6-7-14-19-16(23(4)20-14)22(3)8-9-25-5/h10H,6-9H2,1-5H3. The van der Waals surface area contributed by atoms with Crippen LogP contribution >= 0.6 is 0 Å². The van der Waals surface area contributed by atoms with E-state index in [0.717, 1.165) is 41.2 Å². The maximum absolute atomic E-state index is 5.11. The van der Waals surface area contributed by atoms with Gasteiger partial charge in [0.15, 0.2) is 17.3 Å². The summed E-state index contributed by atoms with van der Waals surface area (Å²) in [6, 6.07) is 0. The number of hydrogen-bond acceptors (Lipinski definition) is 7. The second kappa shape index (κ2) is 7.14. The first-order valence-corrected chi connectivity index (χ1v) is 8.27. The Balaban J connectivity index is 1.72. The molecule has 0 bridgehead atoms. The van der Waals surface area contributed by atoms with Crippen LogP contribution in [0.1, 0.15) is 23.0 Å². The summed E-state index contributed by atoms with van der Waals surface area (Å²) in [6.07, 6.45) is 3.18. The van der Waals surface area contributed by atoms with Crippen molar-refractivity contribution in [2.45, 2.75) is 26.7 Å². The van der Waals surface area contributed by atoms with Crippen LogP contribution in [-0.4, -0.2) is 61.7 Å². The highest BCUT2D eigenvalue weighted by Gasteiger charge is 2.13. The lowest BCUT2D eigenvalue weighted by Crippen LogP contribution is -2.25. The normalized spacial score (nSPS) is 11.4. The Hall–Kier alpha value is -2.55. The van der Waals surface area contributed by atoms with Gasteiger partial charge in [-0.15, -0.1) is 0 Å². The summed E-state index contributed by atoms with van der Waals surface area (Å²) in [4.78, 5) is 15.6. The molecule has 0 radical (unpaired) electrons. The molecule has 25 heavy (non-hydrogen) atoms. The first-order chi connectivity index (χ1) is 12.0. The number of anilines is 1. The molecule has 0 amide bonds. The van der Waals surface area contributed by atoms with E-state index in [1.807, 2.05) is 43.6 Å². The summed E-state index contributed by atoms with van der Waals surface area (Å²) in [5.41, 5.74) is 2.66. The Bertz CT molecular complexity index is 830. The predicted octanol–water partition coefficient (Wildman–Crippen LogP) is 0.737. The zero-order valence-corrected chi connectivity index (χ0v) is 15.4. The van der Waals surface area contributed by atoms with Crippen molar-refractivity contribution in [1.82, 2.24) is 34.3 Å². The van der Waals surface area contributed by atoms with Crippen LogP contribution in [0.25, 0.3) is 5.65 Å². The van der Waals surface area contributed by atoms with E-state index in [1.165, 1.54) is 0 Å². The molecule has 0 atom stereocenters. The number of aromatic nitrogens is 7. The van der Waals surface area contributed by atoms with Crippen LogP contribution in [0.15, 0.2) is 6.20 Å². The summed E-state index contributed by atoms with van der Waals surface area (Å²) in [5.74, 6) is 2.39. The van der Waals surface area contributed by atoms with Crippen LogP contribution in [-0.2, 0) is 24.6 Å². The Labute approximate surface area is 146 Å².